The first kappa shape index (κ1) is 22.5. The molecule has 1 amide bonds. The number of rotatable bonds is 3. The smallest absolute Gasteiger partial charge is 0.301 e. The molecule has 170 valence electrons. The molecule has 0 radical (unpaired) electrons. The molecule has 1 fully saturated rings. The maximum Gasteiger partial charge on any atom is 0.301 e. The van der Waals surface area contributed by atoms with Crippen molar-refractivity contribution in [2.24, 2.45) is 0 Å². The molecule has 2 heterocycles. The number of thiazole rings is 1. The number of carbonyl (C=O) groups excluding carboxylic acids is 2. The topological polar surface area (TPSA) is 70.5 Å². The zero-order valence-electron chi connectivity index (χ0n) is 18.8. The predicted molar refractivity (Wildman–Crippen MR) is 139 cm³/mol. The van der Waals surface area contributed by atoms with Crippen LogP contribution in [0.15, 0.2) is 70.7 Å². The first-order chi connectivity index (χ1) is 16.2. The van der Waals surface area contributed by atoms with Crippen LogP contribution < -0.4 is 4.90 Å². The minimum atomic E-state index is -0.806. The predicted octanol–water partition coefficient (Wildman–Crippen LogP) is 6.61. The maximum atomic E-state index is 13.4. The van der Waals surface area contributed by atoms with Gasteiger partial charge in [-0.3, -0.25) is 14.5 Å². The number of aliphatic hydroxyl groups excluding tert-OH is 1. The van der Waals surface area contributed by atoms with Gasteiger partial charge in [0.1, 0.15) is 5.76 Å². The van der Waals surface area contributed by atoms with Crippen molar-refractivity contribution in [1.29, 1.82) is 0 Å². The molecule has 4 aromatic rings. The number of fused-ring (bicyclic) bond motifs is 1. The highest BCUT2D eigenvalue weighted by molar-refractivity contribution is 9.10. The Bertz CT molecular complexity index is 1520. The van der Waals surface area contributed by atoms with E-state index in [1.54, 1.807) is 0 Å². The summed E-state index contributed by atoms with van der Waals surface area (Å²) in [7, 11) is 0. The van der Waals surface area contributed by atoms with Crippen molar-refractivity contribution in [3.8, 4) is 0 Å². The Morgan fingerprint density at radius 3 is 2.50 bits per heavy atom. The molecule has 5 rings (SSSR count). The molecule has 1 unspecified atom stereocenters. The van der Waals surface area contributed by atoms with Crippen LogP contribution in [0.1, 0.15) is 33.9 Å². The Balaban J connectivity index is 1.77. The van der Waals surface area contributed by atoms with E-state index in [1.807, 2.05) is 81.4 Å². The van der Waals surface area contributed by atoms with E-state index in [2.05, 4.69) is 20.9 Å². The number of anilines is 1. The second kappa shape index (κ2) is 8.49. The molecule has 1 aromatic heterocycles. The molecule has 1 N–H and O–H groups in total. The minimum Gasteiger partial charge on any atom is -0.507 e. The van der Waals surface area contributed by atoms with Crippen LogP contribution in [0.2, 0.25) is 0 Å². The monoisotopic (exact) mass is 532 g/mol. The van der Waals surface area contributed by atoms with E-state index in [0.717, 1.165) is 31.4 Å². The van der Waals surface area contributed by atoms with Gasteiger partial charge in [0.05, 0.1) is 21.8 Å². The summed E-state index contributed by atoms with van der Waals surface area (Å²) in [6, 6.07) is 18.2. The zero-order valence-corrected chi connectivity index (χ0v) is 21.2. The second-order valence-electron chi connectivity index (χ2n) is 8.51. The summed E-state index contributed by atoms with van der Waals surface area (Å²) in [5.41, 5.74) is 4.92. The molecular weight excluding hydrogens is 512 g/mol. The molecule has 0 bridgehead atoms. The third-order valence-corrected chi connectivity index (χ3v) is 7.51. The fourth-order valence-corrected chi connectivity index (χ4v) is 5.79. The highest BCUT2D eigenvalue weighted by Crippen LogP contribution is 2.45. The number of aromatic nitrogens is 1. The van der Waals surface area contributed by atoms with Crippen LogP contribution in [-0.4, -0.2) is 21.8 Å². The lowest BCUT2D eigenvalue weighted by molar-refractivity contribution is -0.132. The average Bonchev–Trinajstić information content (AvgIpc) is 3.33. The summed E-state index contributed by atoms with van der Waals surface area (Å²) in [5.74, 6) is -1.60. The standard InChI is InChI=1S/C27H21BrN2O3S/c1-14-7-9-16(3)19(11-14)24(31)22-23(17-5-4-6-18(28)13-17)30(26(33)25(22)32)27-29-20-10-8-15(2)12-21(20)34-27/h4-13,23,31H,1-3H3/b24-22+. The summed E-state index contributed by atoms with van der Waals surface area (Å²) in [6.45, 7) is 5.79. The van der Waals surface area contributed by atoms with Gasteiger partial charge in [-0.2, -0.15) is 0 Å². The number of hydrogen-bond donors (Lipinski definition) is 1. The maximum absolute atomic E-state index is 13.4. The zero-order chi connectivity index (χ0) is 24.1. The van der Waals surface area contributed by atoms with E-state index < -0.39 is 17.7 Å². The normalized spacial score (nSPS) is 17.6. The molecule has 0 aliphatic carbocycles. The molecule has 3 aromatic carbocycles. The molecule has 1 saturated heterocycles. The molecule has 1 aliphatic heterocycles. The molecule has 1 atom stereocenters. The lowest BCUT2D eigenvalue weighted by Gasteiger charge is -2.23. The Kier molecular flexibility index (Phi) is 5.62. The van der Waals surface area contributed by atoms with Gasteiger partial charge in [0.15, 0.2) is 5.13 Å². The third-order valence-electron chi connectivity index (χ3n) is 6.00. The van der Waals surface area contributed by atoms with Crippen molar-refractivity contribution in [2.45, 2.75) is 26.8 Å². The fraction of sp³-hybridized carbons (Fsp3) is 0.148. The number of ketones is 1. The van der Waals surface area contributed by atoms with Gasteiger partial charge in [-0.25, -0.2) is 4.98 Å². The van der Waals surface area contributed by atoms with Gasteiger partial charge >= 0.3 is 5.91 Å². The van der Waals surface area contributed by atoms with E-state index in [-0.39, 0.29) is 11.3 Å². The van der Waals surface area contributed by atoms with Crippen LogP contribution in [0.25, 0.3) is 16.0 Å². The molecule has 5 nitrogen and oxygen atoms in total. The fourth-order valence-electron chi connectivity index (χ4n) is 4.28. The van der Waals surface area contributed by atoms with Crippen molar-refractivity contribution in [2.75, 3.05) is 4.90 Å². The molecule has 1 aliphatic rings. The van der Waals surface area contributed by atoms with E-state index in [4.69, 9.17) is 0 Å². The molecule has 7 heteroatoms. The van der Waals surface area contributed by atoms with Crippen molar-refractivity contribution in [3.63, 3.8) is 0 Å². The SMILES string of the molecule is Cc1ccc(C)c(/C(O)=C2\C(=O)C(=O)N(c3nc4ccc(C)cc4s3)C2c2cccc(Br)c2)c1. The van der Waals surface area contributed by atoms with Gasteiger partial charge in [-0.1, -0.05) is 63.2 Å². The highest BCUT2D eigenvalue weighted by Gasteiger charge is 2.48. The van der Waals surface area contributed by atoms with Gasteiger partial charge in [-0.15, -0.1) is 0 Å². The summed E-state index contributed by atoms with van der Waals surface area (Å²) in [4.78, 5) is 32.9. The molecule has 0 saturated carbocycles. The molecule has 34 heavy (non-hydrogen) atoms. The highest BCUT2D eigenvalue weighted by atomic mass is 79.9. The number of aryl methyl sites for hydroxylation is 3. The van der Waals surface area contributed by atoms with Crippen molar-refractivity contribution in [1.82, 2.24) is 4.98 Å². The van der Waals surface area contributed by atoms with Gasteiger partial charge in [0, 0.05) is 10.0 Å². The van der Waals surface area contributed by atoms with Crippen LogP contribution in [0.5, 0.6) is 0 Å². The van der Waals surface area contributed by atoms with E-state index in [1.165, 1.54) is 16.2 Å². The number of nitrogens with zero attached hydrogens (tertiary/aromatic N) is 2. The Labute approximate surface area is 209 Å². The number of aliphatic hydroxyl groups is 1. The average molecular weight is 533 g/mol. The third kappa shape index (κ3) is 3.75. The Hall–Kier alpha value is -3.29. The van der Waals surface area contributed by atoms with Crippen LogP contribution in [-0.2, 0) is 9.59 Å². The Morgan fingerprint density at radius 2 is 1.74 bits per heavy atom. The van der Waals surface area contributed by atoms with E-state index in [9.17, 15) is 14.7 Å². The lowest BCUT2D eigenvalue weighted by Crippen LogP contribution is -2.29. The number of carbonyl (C=O) groups is 2. The van der Waals surface area contributed by atoms with Crippen LogP contribution >= 0.6 is 27.3 Å². The van der Waals surface area contributed by atoms with Crippen LogP contribution in [0.4, 0.5) is 5.13 Å². The number of halogens is 1. The quantitative estimate of drug-likeness (QED) is 0.183. The lowest BCUT2D eigenvalue weighted by atomic mass is 9.93. The van der Waals surface area contributed by atoms with Gasteiger partial charge in [0.25, 0.3) is 5.78 Å². The minimum absolute atomic E-state index is 0.0623. The first-order valence-electron chi connectivity index (χ1n) is 10.8. The Morgan fingerprint density at radius 1 is 1.00 bits per heavy atom. The number of benzene rings is 3. The summed E-state index contributed by atoms with van der Waals surface area (Å²) < 4.78 is 1.74. The van der Waals surface area contributed by atoms with Gasteiger partial charge < -0.3 is 5.11 Å². The van der Waals surface area contributed by atoms with E-state index >= 15 is 0 Å². The largest absolute Gasteiger partial charge is 0.507 e. The van der Waals surface area contributed by atoms with Crippen molar-refractivity contribution >= 4 is 60.1 Å². The summed E-state index contributed by atoms with van der Waals surface area (Å²) >= 11 is 4.85. The second-order valence-corrected chi connectivity index (χ2v) is 10.4. The van der Waals surface area contributed by atoms with E-state index in [0.29, 0.717) is 16.3 Å². The first-order valence-corrected chi connectivity index (χ1v) is 12.4. The van der Waals surface area contributed by atoms with Gasteiger partial charge in [-0.05, 0) is 67.8 Å². The van der Waals surface area contributed by atoms with Crippen molar-refractivity contribution < 1.29 is 14.7 Å². The summed E-state index contributed by atoms with van der Waals surface area (Å²) in [5, 5.41) is 11.8. The summed E-state index contributed by atoms with van der Waals surface area (Å²) in [6.07, 6.45) is 0. The van der Waals surface area contributed by atoms with Gasteiger partial charge in [0.2, 0.25) is 0 Å². The molecular formula is C27H21BrN2O3S. The van der Waals surface area contributed by atoms with Crippen molar-refractivity contribution in [3.05, 3.63) is 98.5 Å². The van der Waals surface area contributed by atoms with Crippen LogP contribution in [0, 0.1) is 20.8 Å². The number of hydrogen-bond acceptors (Lipinski definition) is 5. The number of amides is 1. The van der Waals surface area contributed by atoms with Crippen LogP contribution in [0.3, 0.4) is 0 Å². The number of Topliss-reactive ketones (excluding diaryl/α,β-unsaturated/α-hetero) is 1. The molecule has 0 spiro atoms.